The molecule has 1 fully saturated rings. The van der Waals surface area contributed by atoms with Crippen LogP contribution in [0.4, 0.5) is 0 Å². The largest absolute Gasteiger partial charge is 0.497 e. The van der Waals surface area contributed by atoms with Crippen molar-refractivity contribution < 1.29 is 18.6 Å². The van der Waals surface area contributed by atoms with Gasteiger partial charge in [0, 0.05) is 18.7 Å². The summed E-state index contributed by atoms with van der Waals surface area (Å²) in [6.45, 7) is 3.76. The summed E-state index contributed by atoms with van der Waals surface area (Å²) < 4.78 is 22.3. The van der Waals surface area contributed by atoms with Crippen molar-refractivity contribution in [1.29, 1.82) is 0 Å². The summed E-state index contributed by atoms with van der Waals surface area (Å²) in [6.07, 6.45) is 3.55. The van der Waals surface area contributed by atoms with E-state index in [1.807, 2.05) is 31.2 Å². The quantitative estimate of drug-likeness (QED) is 0.508. The van der Waals surface area contributed by atoms with Crippen LogP contribution < -0.4 is 14.2 Å². The number of methoxy groups -OCH3 is 3. The highest BCUT2D eigenvalue weighted by Crippen LogP contribution is 2.36. The third-order valence-electron chi connectivity index (χ3n) is 5.98. The maximum atomic E-state index is 6.06. The first kappa shape index (κ1) is 21.2. The van der Waals surface area contributed by atoms with Crippen molar-refractivity contribution in [3.63, 3.8) is 0 Å². The number of likely N-dealkylation sites (tertiary alicyclic amines) is 1. The molecule has 6 heteroatoms. The van der Waals surface area contributed by atoms with Gasteiger partial charge in [-0.1, -0.05) is 18.6 Å². The predicted molar refractivity (Wildman–Crippen MR) is 120 cm³/mol. The maximum Gasteiger partial charge on any atom is 0.230 e. The average molecular weight is 423 g/mol. The molecule has 2 aromatic carbocycles. The minimum absolute atomic E-state index is 0.346. The van der Waals surface area contributed by atoms with Crippen LogP contribution in [0.2, 0.25) is 0 Å². The van der Waals surface area contributed by atoms with E-state index in [4.69, 9.17) is 23.6 Å². The summed E-state index contributed by atoms with van der Waals surface area (Å²) in [7, 11) is 4.99. The second-order valence-corrected chi connectivity index (χ2v) is 7.85. The predicted octanol–water partition coefficient (Wildman–Crippen LogP) is 5.40. The van der Waals surface area contributed by atoms with E-state index in [9.17, 15) is 0 Å². The number of aromatic nitrogens is 1. The molecule has 0 bridgehead atoms. The minimum Gasteiger partial charge on any atom is -0.497 e. The van der Waals surface area contributed by atoms with E-state index in [1.54, 1.807) is 21.3 Å². The van der Waals surface area contributed by atoms with Crippen LogP contribution in [0.3, 0.4) is 0 Å². The number of rotatable bonds is 7. The van der Waals surface area contributed by atoms with Crippen LogP contribution in [0.5, 0.6) is 17.2 Å². The molecular formula is C25H30N2O4. The lowest BCUT2D eigenvalue weighted by Crippen LogP contribution is -2.33. The Morgan fingerprint density at radius 3 is 2.58 bits per heavy atom. The molecule has 1 saturated heterocycles. The van der Waals surface area contributed by atoms with Crippen molar-refractivity contribution in [1.82, 2.24) is 9.88 Å². The van der Waals surface area contributed by atoms with E-state index in [2.05, 4.69) is 23.1 Å². The van der Waals surface area contributed by atoms with Gasteiger partial charge in [-0.25, -0.2) is 4.98 Å². The first-order valence-electron chi connectivity index (χ1n) is 10.7. The Bertz CT molecular complexity index is 1030. The fraction of sp³-hybridized carbons (Fsp3) is 0.400. The van der Waals surface area contributed by atoms with Crippen LogP contribution in [-0.4, -0.2) is 37.8 Å². The second-order valence-electron chi connectivity index (χ2n) is 7.85. The third-order valence-corrected chi connectivity index (χ3v) is 5.98. The highest BCUT2D eigenvalue weighted by Gasteiger charge is 2.26. The molecule has 0 amide bonds. The zero-order chi connectivity index (χ0) is 21.8. The smallest absolute Gasteiger partial charge is 0.230 e. The summed E-state index contributed by atoms with van der Waals surface area (Å²) in [5, 5.41) is 0. The molecule has 1 aliphatic rings. The maximum absolute atomic E-state index is 6.06. The molecule has 2 heterocycles. The molecule has 1 aliphatic heterocycles. The summed E-state index contributed by atoms with van der Waals surface area (Å²) in [4.78, 5) is 7.34. The van der Waals surface area contributed by atoms with Gasteiger partial charge >= 0.3 is 0 Å². The average Bonchev–Trinajstić information content (AvgIpc) is 3.18. The number of hydrogen-bond acceptors (Lipinski definition) is 6. The van der Waals surface area contributed by atoms with Gasteiger partial charge in [-0.05, 0) is 56.1 Å². The molecule has 0 aliphatic carbocycles. The number of benzene rings is 2. The standard InChI is InChI=1S/C25H30N2O4/c1-17-22(26-25(31-17)21-12-11-20(29-3)15-24(21)30-4)16-27-13-6-5-10-23(27)18-8-7-9-19(14-18)28-2/h7-9,11-12,14-15,23H,5-6,10,13,16H2,1-4H3. The van der Waals surface area contributed by atoms with Gasteiger partial charge in [0.25, 0.3) is 0 Å². The number of piperidine rings is 1. The third kappa shape index (κ3) is 4.54. The molecule has 0 saturated carbocycles. The molecule has 6 nitrogen and oxygen atoms in total. The van der Waals surface area contributed by atoms with Gasteiger partial charge in [0.15, 0.2) is 0 Å². The van der Waals surface area contributed by atoms with Gasteiger partial charge in [-0.2, -0.15) is 0 Å². The Balaban J connectivity index is 1.60. The molecule has 0 spiro atoms. The molecule has 31 heavy (non-hydrogen) atoms. The molecule has 1 unspecified atom stereocenters. The zero-order valence-corrected chi connectivity index (χ0v) is 18.7. The number of ether oxygens (including phenoxy) is 3. The van der Waals surface area contributed by atoms with Gasteiger partial charge in [0.2, 0.25) is 5.89 Å². The molecule has 164 valence electrons. The Hall–Kier alpha value is -2.99. The normalized spacial score (nSPS) is 16.8. The van der Waals surface area contributed by atoms with Crippen LogP contribution >= 0.6 is 0 Å². The van der Waals surface area contributed by atoms with E-state index < -0.39 is 0 Å². The monoisotopic (exact) mass is 422 g/mol. The highest BCUT2D eigenvalue weighted by atomic mass is 16.5. The zero-order valence-electron chi connectivity index (χ0n) is 18.7. The van der Waals surface area contributed by atoms with Crippen molar-refractivity contribution in [2.24, 2.45) is 0 Å². The van der Waals surface area contributed by atoms with Crippen molar-refractivity contribution in [2.75, 3.05) is 27.9 Å². The van der Waals surface area contributed by atoms with Gasteiger partial charge in [-0.15, -0.1) is 0 Å². The number of nitrogens with zero attached hydrogens (tertiary/aromatic N) is 2. The lowest BCUT2D eigenvalue weighted by molar-refractivity contribution is 0.138. The minimum atomic E-state index is 0.346. The fourth-order valence-electron chi connectivity index (χ4n) is 4.26. The fourth-order valence-corrected chi connectivity index (χ4v) is 4.26. The lowest BCUT2D eigenvalue weighted by Gasteiger charge is -2.35. The van der Waals surface area contributed by atoms with Crippen molar-refractivity contribution in [3.05, 3.63) is 59.5 Å². The van der Waals surface area contributed by atoms with Gasteiger partial charge < -0.3 is 18.6 Å². The van der Waals surface area contributed by atoms with Gasteiger partial charge in [0.1, 0.15) is 23.0 Å². The molecule has 0 radical (unpaired) electrons. The molecule has 3 aromatic rings. The van der Waals surface area contributed by atoms with E-state index in [-0.39, 0.29) is 0 Å². The molecule has 0 N–H and O–H groups in total. The molecule has 1 atom stereocenters. The summed E-state index contributed by atoms with van der Waals surface area (Å²) in [6, 6.07) is 14.4. The number of hydrogen-bond donors (Lipinski definition) is 0. The van der Waals surface area contributed by atoms with Crippen LogP contribution in [0.1, 0.15) is 42.3 Å². The van der Waals surface area contributed by atoms with Crippen molar-refractivity contribution >= 4 is 0 Å². The molecular weight excluding hydrogens is 392 g/mol. The highest BCUT2D eigenvalue weighted by molar-refractivity contribution is 5.65. The van der Waals surface area contributed by atoms with Crippen molar-refractivity contribution in [2.45, 2.75) is 38.8 Å². The van der Waals surface area contributed by atoms with E-state index in [1.165, 1.54) is 18.4 Å². The Labute approximate surface area is 183 Å². The SMILES string of the molecule is COc1cccc(C2CCCCN2Cc2nc(-c3ccc(OC)cc3OC)oc2C)c1. The van der Waals surface area contributed by atoms with Crippen LogP contribution in [0.25, 0.3) is 11.5 Å². The Kier molecular flexibility index (Phi) is 6.47. The number of oxazole rings is 1. The summed E-state index contributed by atoms with van der Waals surface area (Å²) in [5.74, 6) is 3.72. The van der Waals surface area contributed by atoms with Gasteiger partial charge in [-0.3, -0.25) is 4.90 Å². The van der Waals surface area contributed by atoms with Gasteiger partial charge in [0.05, 0.1) is 32.6 Å². The first-order valence-corrected chi connectivity index (χ1v) is 10.7. The summed E-state index contributed by atoms with van der Waals surface area (Å²) in [5.41, 5.74) is 3.07. The van der Waals surface area contributed by atoms with Crippen LogP contribution in [0.15, 0.2) is 46.9 Å². The second kappa shape index (κ2) is 9.43. The first-order chi connectivity index (χ1) is 15.1. The topological polar surface area (TPSA) is 57.0 Å². The van der Waals surface area contributed by atoms with E-state index in [0.717, 1.165) is 48.0 Å². The van der Waals surface area contributed by atoms with Crippen molar-refractivity contribution in [3.8, 4) is 28.7 Å². The van der Waals surface area contributed by atoms with Crippen LogP contribution in [-0.2, 0) is 6.54 Å². The lowest BCUT2D eigenvalue weighted by atomic mass is 9.95. The Morgan fingerprint density at radius 1 is 1.00 bits per heavy atom. The molecule has 1 aromatic heterocycles. The van der Waals surface area contributed by atoms with E-state index >= 15 is 0 Å². The Morgan fingerprint density at radius 2 is 1.81 bits per heavy atom. The number of aryl methyl sites for hydroxylation is 1. The van der Waals surface area contributed by atoms with Crippen LogP contribution in [0, 0.1) is 6.92 Å². The molecule has 4 rings (SSSR count). The van der Waals surface area contributed by atoms with E-state index in [0.29, 0.717) is 17.7 Å². The summed E-state index contributed by atoms with van der Waals surface area (Å²) >= 11 is 0.